The van der Waals surface area contributed by atoms with Gasteiger partial charge in [-0.05, 0) is 67.3 Å². The molecule has 1 heteroatoms. The normalized spacial score (nSPS) is 10.5. The van der Waals surface area contributed by atoms with Crippen molar-refractivity contribution in [2.24, 2.45) is 0 Å². The van der Waals surface area contributed by atoms with Crippen molar-refractivity contribution in [2.75, 3.05) is 5.32 Å². The Hall–Kier alpha value is -2.54. The van der Waals surface area contributed by atoms with E-state index in [9.17, 15) is 0 Å². The zero-order valence-corrected chi connectivity index (χ0v) is 13.4. The predicted octanol–water partition coefficient (Wildman–Crippen LogP) is 6.02. The minimum absolute atomic E-state index is 1.13. The highest BCUT2D eigenvalue weighted by Crippen LogP contribution is 2.27. The monoisotopic (exact) mass is 287 g/mol. The summed E-state index contributed by atoms with van der Waals surface area (Å²) in [6, 6.07) is 23.7. The van der Waals surface area contributed by atoms with Crippen LogP contribution in [0.5, 0.6) is 0 Å². The maximum Gasteiger partial charge on any atom is 0.0393 e. The lowest BCUT2D eigenvalue weighted by Gasteiger charge is -2.11. The molecule has 0 radical (unpaired) electrons. The number of hydrogen-bond donors (Lipinski definition) is 1. The SMILES string of the molecule is Cc1ccc(-c2cc(C)cc(Nc3cccc(C)c3)c2)cc1. The van der Waals surface area contributed by atoms with Gasteiger partial charge in [-0.3, -0.25) is 0 Å². The third kappa shape index (κ3) is 3.37. The summed E-state index contributed by atoms with van der Waals surface area (Å²) in [4.78, 5) is 0. The molecule has 110 valence electrons. The van der Waals surface area contributed by atoms with Crippen molar-refractivity contribution in [3.8, 4) is 11.1 Å². The summed E-state index contributed by atoms with van der Waals surface area (Å²) in [7, 11) is 0. The highest BCUT2D eigenvalue weighted by atomic mass is 14.9. The molecule has 0 unspecified atom stereocenters. The second-order valence-corrected chi connectivity index (χ2v) is 5.95. The fourth-order valence-corrected chi connectivity index (χ4v) is 2.66. The van der Waals surface area contributed by atoms with Gasteiger partial charge in [0.2, 0.25) is 0 Å². The van der Waals surface area contributed by atoms with E-state index in [0.29, 0.717) is 0 Å². The molecular weight excluding hydrogens is 266 g/mol. The van der Waals surface area contributed by atoms with Crippen LogP contribution in [0.4, 0.5) is 11.4 Å². The van der Waals surface area contributed by atoms with Gasteiger partial charge < -0.3 is 5.32 Å². The van der Waals surface area contributed by atoms with Crippen LogP contribution in [0.3, 0.4) is 0 Å². The smallest absolute Gasteiger partial charge is 0.0393 e. The summed E-state index contributed by atoms with van der Waals surface area (Å²) < 4.78 is 0. The number of rotatable bonds is 3. The van der Waals surface area contributed by atoms with E-state index in [1.54, 1.807) is 0 Å². The summed E-state index contributed by atoms with van der Waals surface area (Å²) in [5.74, 6) is 0. The van der Waals surface area contributed by atoms with Crippen molar-refractivity contribution in [2.45, 2.75) is 20.8 Å². The Labute approximate surface area is 132 Å². The molecule has 22 heavy (non-hydrogen) atoms. The summed E-state index contributed by atoms with van der Waals surface area (Å²) in [6.45, 7) is 6.36. The molecule has 0 bridgehead atoms. The van der Waals surface area contributed by atoms with Gasteiger partial charge in [0.25, 0.3) is 0 Å². The van der Waals surface area contributed by atoms with E-state index in [1.165, 1.54) is 27.8 Å². The first-order valence-corrected chi connectivity index (χ1v) is 7.62. The Morgan fingerprint density at radius 1 is 0.545 bits per heavy atom. The van der Waals surface area contributed by atoms with Crippen LogP contribution in [0.15, 0.2) is 66.7 Å². The van der Waals surface area contributed by atoms with Gasteiger partial charge in [0, 0.05) is 11.4 Å². The molecule has 0 spiro atoms. The first kappa shape index (κ1) is 14.4. The molecule has 0 aliphatic rings. The van der Waals surface area contributed by atoms with Gasteiger partial charge in [-0.25, -0.2) is 0 Å². The molecule has 0 aliphatic carbocycles. The van der Waals surface area contributed by atoms with Crippen molar-refractivity contribution in [1.29, 1.82) is 0 Å². The van der Waals surface area contributed by atoms with Crippen LogP contribution < -0.4 is 5.32 Å². The van der Waals surface area contributed by atoms with Gasteiger partial charge in [-0.15, -0.1) is 0 Å². The number of aryl methyl sites for hydroxylation is 3. The van der Waals surface area contributed by atoms with E-state index in [2.05, 4.69) is 92.8 Å². The molecule has 0 aromatic heterocycles. The van der Waals surface area contributed by atoms with Gasteiger partial charge in [-0.1, -0.05) is 48.0 Å². The van der Waals surface area contributed by atoms with Crippen LogP contribution in [0.25, 0.3) is 11.1 Å². The van der Waals surface area contributed by atoms with Gasteiger partial charge in [0.05, 0.1) is 0 Å². The summed E-state index contributed by atoms with van der Waals surface area (Å²) in [6.07, 6.45) is 0. The maximum atomic E-state index is 3.51. The Morgan fingerprint density at radius 2 is 1.27 bits per heavy atom. The van der Waals surface area contributed by atoms with Crippen molar-refractivity contribution in [1.82, 2.24) is 0 Å². The Morgan fingerprint density at radius 3 is 2.00 bits per heavy atom. The zero-order valence-electron chi connectivity index (χ0n) is 13.4. The molecule has 0 saturated carbocycles. The van der Waals surface area contributed by atoms with E-state index in [1.807, 2.05) is 0 Å². The van der Waals surface area contributed by atoms with Crippen LogP contribution in [0.2, 0.25) is 0 Å². The summed E-state index contributed by atoms with van der Waals surface area (Å²) in [5, 5.41) is 3.51. The number of hydrogen-bond acceptors (Lipinski definition) is 1. The molecule has 3 aromatic carbocycles. The first-order chi connectivity index (χ1) is 10.6. The second kappa shape index (κ2) is 6.07. The second-order valence-electron chi connectivity index (χ2n) is 5.95. The van der Waals surface area contributed by atoms with Crippen LogP contribution in [0.1, 0.15) is 16.7 Å². The molecule has 0 heterocycles. The average Bonchev–Trinajstić information content (AvgIpc) is 2.47. The summed E-state index contributed by atoms with van der Waals surface area (Å²) in [5.41, 5.74) is 8.55. The Balaban J connectivity index is 1.94. The molecule has 0 aliphatic heterocycles. The topological polar surface area (TPSA) is 12.0 Å². The Kier molecular flexibility index (Phi) is 3.97. The number of benzene rings is 3. The standard InChI is InChI=1S/C21H21N/c1-15-7-9-18(10-8-15)19-11-17(3)13-21(14-19)22-20-6-4-5-16(2)12-20/h4-14,22H,1-3H3. The lowest BCUT2D eigenvalue weighted by Crippen LogP contribution is -1.92. The molecule has 3 aromatic rings. The number of nitrogens with one attached hydrogen (secondary N) is 1. The van der Waals surface area contributed by atoms with Gasteiger partial charge >= 0.3 is 0 Å². The van der Waals surface area contributed by atoms with Crippen LogP contribution in [-0.4, -0.2) is 0 Å². The van der Waals surface area contributed by atoms with E-state index in [4.69, 9.17) is 0 Å². The average molecular weight is 287 g/mol. The van der Waals surface area contributed by atoms with Gasteiger partial charge in [-0.2, -0.15) is 0 Å². The van der Waals surface area contributed by atoms with E-state index in [0.717, 1.165) is 11.4 Å². The largest absolute Gasteiger partial charge is 0.355 e. The maximum absolute atomic E-state index is 3.51. The fraction of sp³-hybridized carbons (Fsp3) is 0.143. The third-order valence-corrected chi connectivity index (χ3v) is 3.77. The lowest BCUT2D eigenvalue weighted by molar-refractivity contribution is 1.42. The molecule has 0 amide bonds. The minimum atomic E-state index is 1.13. The van der Waals surface area contributed by atoms with Crippen molar-refractivity contribution < 1.29 is 0 Å². The van der Waals surface area contributed by atoms with E-state index < -0.39 is 0 Å². The quantitative estimate of drug-likeness (QED) is 0.621. The number of anilines is 2. The summed E-state index contributed by atoms with van der Waals surface area (Å²) >= 11 is 0. The fourth-order valence-electron chi connectivity index (χ4n) is 2.66. The molecule has 0 fully saturated rings. The van der Waals surface area contributed by atoms with Gasteiger partial charge in [0.15, 0.2) is 0 Å². The lowest BCUT2D eigenvalue weighted by atomic mass is 10.0. The third-order valence-electron chi connectivity index (χ3n) is 3.77. The highest BCUT2D eigenvalue weighted by Gasteiger charge is 2.02. The molecular formula is C21H21N. The van der Waals surface area contributed by atoms with Crippen molar-refractivity contribution in [3.63, 3.8) is 0 Å². The van der Waals surface area contributed by atoms with Crippen LogP contribution >= 0.6 is 0 Å². The Bertz CT molecular complexity index is 785. The van der Waals surface area contributed by atoms with Crippen molar-refractivity contribution >= 4 is 11.4 Å². The van der Waals surface area contributed by atoms with E-state index >= 15 is 0 Å². The van der Waals surface area contributed by atoms with Gasteiger partial charge in [0.1, 0.15) is 0 Å². The van der Waals surface area contributed by atoms with Crippen molar-refractivity contribution in [3.05, 3.63) is 83.4 Å². The molecule has 1 nitrogen and oxygen atoms in total. The zero-order chi connectivity index (χ0) is 15.5. The first-order valence-electron chi connectivity index (χ1n) is 7.62. The minimum Gasteiger partial charge on any atom is -0.355 e. The molecule has 0 atom stereocenters. The van der Waals surface area contributed by atoms with Crippen LogP contribution in [0, 0.1) is 20.8 Å². The molecule has 3 rings (SSSR count). The van der Waals surface area contributed by atoms with E-state index in [-0.39, 0.29) is 0 Å². The molecule has 1 N–H and O–H groups in total. The highest BCUT2D eigenvalue weighted by molar-refractivity contribution is 5.72. The van der Waals surface area contributed by atoms with Crippen LogP contribution in [-0.2, 0) is 0 Å². The predicted molar refractivity (Wildman–Crippen MR) is 95.8 cm³/mol. The molecule has 0 saturated heterocycles.